The van der Waals surface area contributed by atoms with E-state index in [-0.39, 0.29) is 11.8 Å². The van der Waals surface area contributed by atoms with Gasteiger partial charge in [0.2, 0.25) is 0 Å². The number of carbonyl (C=O) groups excluding carboxylic acids is 1. The van der Waals surface area contributed by atoms with Gasteiger partial charge in [-0.2, -0.15) is 5.10 Å². The Labute approximate surface area is 203 Å². The number of hydrogen-bond donors (Lipinski definition) is 2. The summed E-state index contributed by atoms with van der Waals surface area (Å²) in [7, 11) is 3.22. The molecule has 0 atom stereocenters. The number of urea groups is 1. The van der Waals surface area contributed by atoms with Gasteiger partial charge < -0.3 is 20.1 Å². The molecule has 0 aliphatic heterocycles. The predicted octanol–water partition coefficient (Wildman–Crippen LogP) is 5.25. The van der Waals surface area contributed by atoms with Gasteiger partial charge in [0.25, 0.3) is 0 Å². The molecule has 1 heterocycles. The minimum atomic E-state index is -0.235. The van der Waals surface area contributed by atoms with Crippen LogP contribution in [0.2, 0.25) is 5.02 Å². The van der Waals surface area contributed by atoms with Crippen molar-refractivity contribution in [2.75, 3.05) is 14.2 Å². The van der Waals surface area contributed by atoms with Crippen molar-refractivity contribution in [3.8, 4) is 28.4 Å². The van der Waals surface area contributed by atoms with Gasteiger partial charge in [0.05, 0.1) is 25.0 Å². The summed E-state index contributed by atoms with van der Waals surface area (Å²) in [6.45, 7) is 0.655. The molecule has 2 amide bonds. The molecule has 7 nitrogen and oxygen atoms in total. The van der Waals surface area contributed by atoms with E-state index in [1.807, 2.05) is 65.5 Å². The smallest absolute Gasteiger partial charge is 0.317 e. The summed E-state index contributed by atoms with van der Waals surface area (Å²) in [6.07, 6.45) is 1.94. The Balaban J connectivity index is 1.52. The summed E-state index contributed by atoms with van der Waals surface area (Å²) in [5.74, 6) is 0.417. The SMILES string of the molecule is COc1cc(CNC(=O)N(C)Cc2cn(-c3ccccc3)nc2-c2ccc(Cl)cc2)ccc1O. The number of para-hydroxylation sites is 1. The van der Waals surface area contributed by atoms with Crippen molar-refractivity contribution in [1.29, 1.82) is 0 Å². The molecule has 0 saturated heterocycles. The van der Waals surface area contributed by atoms with Crippen LogP contribution in [0.4, 0.5) is 4.79 Å². The number of ether oxygens (including phenoxy) is 1. The summed E-state index contributed by atoms with van der Waals surface area (Å²) in [6, 6.07) is 22.0. The lowest BCUT2D eigenvalue weighted by Crippen LogP contribution is -2.36. The molecule has 0 bridgehead atoms. The second-order valence-corrected chi connectivity index (χ2v) is 8.25. The Morgan fingerprint density at radius 1 is 1.12 bits per heavy atom. The number of methoxy groups -OCH3 is 1. The number of phenols is 1. The number of nitrogens with one attached hydrogen (secondary N) is 1. The first-order chi connectivity index (χ1) is 16.4. The molecular formula is C26H25ClN4O3. The fraction of sp³-hybridized carbons (Fsp3) is 0.154. The predicted molar refractivity (Wildman–Crippen MR) is 132 cm³/mol. The molecular weight excluding hydrogens is 452 g/mol. The van der Waals surface area contributed by atoms with E-state index in [0.717, 1.165) is 28.1 Å². The van der Waals surface area contributed by atoms with E-state index in [0.29, 0.717) is 23.9 Å². The van der Waals surface area contributed by atoms with Crippen LogP contribution in [0.3, 0.4) is 0 Å². The second kappa shape index (κ2) is 10.3. The van der Waals surface area contributed by atoms with Crippen LogP contribution in [0.25, 0.3) is 16.9 Å². The van der Waals surface area contributed by atoms with Crippen LogP contribution in [0.1, 0.15) is 11.1 Å². The maximum Gasteiger partial charge on any atom is 0.317 e. The van der Waals surface area contributed by atoms with Gasteiger partial charge in [-0.3, -0.25) is 0 Å². The standard InChI is InChI=1S/C26H25ClN4O3/c1-30(26(33)28-15-18-8-13-23(32)24(14-18)34-2)16-20-17-31(22-6-4-3-5-7-22)29-25(20)19-9-11-21(27)12-10-19/h3-14,17,32H,15-16H2,1-2H3,(H,28,33). The van der Waals surface area contributed by atoms with Gasteiger partial charge in [0.15, 0.2) is 11.5 Å². The third-order valence-corrected chi connectivity index (χ3v) is 5.62. The van der Waals surface area contributed by atoms with Gasteiger partial charge in [-0.1, -0.05) is 48.0 Å². The second-order valence-electron chi connectivity index (χ2n) is 7.81. The molecule has 4 rings (SSSR count). The maximum atomic E-state index is 12.8. The van der Waals surface area contributed by atoms with Crippen molar-refractivity contribution in [1.82, 2.24) is 20.0 Å². The van der Waals surface area contributed by atoms with Crippen LogP contribution in [0.5, 0.6) is 11.5 Å². The number of carbonyl (C=O) groups is 1. The maximum absolute atomic E-state index is 12.8. The highest BCUT2D eigenvalue weighted by Crippen LogP contribution is 2.27. The van der Waals surface area contributed by atoms with E-state index in [2.05, 4.69) is 5.32 Å². The molecule has 0 unspecified atom stereocenters. The largest absolute Gasteiger partial charge is 0.504 e. The Bertz CT molecular complexity index is 1270. The molecule has 8 heteroatoms. The molecule has 34 heavy (non-hydrogen) atoms. The molecule has 0 aliphatic rings. The molecule has 3 aromatic carbocycles. The lowest BCUT2D eigenvalue weighted by atomic mass is 10.1. The summed E-state index contributed by atoms with van der Waals surface area (Å²) >= 11 is 6.07. The molecule has 0 fully saturated rings. The number of amides is 2. The van der Waals surface area contributed by atoms with E-state index in [1.54, 1.807) is 30.1 Å². The van der Waals surface area contributed by atoms with Crippen LogP contribution in [-0.2, 0) is 13.1 Å². The number of nitrogens with zero attached hydrogens (tertiary/aromatic N) is 3. The van der Waals surface area contributed by atoms with Crippen molar-refractivity contribution in [3.63, 3.8) is 0 Å². The molecule has 1 aromatic heterocycles. The number of phenolic OH excluding ortho intramolecular Hbond substituents is 1. The van der Waals surface area contributed by atoms with Gasteiger partial charge in [-0.15, -0.1) is 0 Å². The summed E-state index contributed by atoms with van der Waals surface area (Å²) in [5, 5.41) is 18.1. The highest BCUT2D eigenvalue weighted by atomic mass is 35.5. The van der Waals surface area contributed by atoms with Gasteiger partial charge >= 0.3 is 6.03 Å². The molecule has 0 saturated carbocycles. The third-order valence-electron chi connectivity index (χ3n) is 5.37. The Hall–Kier alpha value is -3.97. The van der Waals surface area contributed by atoms with Crippen molar-refractivity contribution < 1.29 is 14.6 Å². The fourth-order valence-corrected chi connectivity index (χ4v) is 3.69. The first-order valence-electron chi connectivity index (χ1n) is 10.7. The van der Waals surface area contributed by atoms with Crippen molar-refractivity contribution >= 4 is 17.6 Å². The number of benzene rings is 3. The number of aromatic nitrogens is 2. The van der Waals surface area contributed by atoms with Crippen molar-refractivity contribution in [2.45, 2.75) is 13.1 Å². The lowest BCUT2D eigenvalue weighted by Gasteiger charge is -2.18. The van der Waals surface area contributed by atoms with Crippen LogP contribution >= 0.6 is 11.6 Å². The van der Waals surface area contributed by atoms with Crippen molar-refractivity contribution in [3.05, 3.63) is 95.1 Å². The molecule has 174 valence electrons. The van der Waals surface area contributed by atoms with E-state index < -0.39 is 0 Å². The first-order valence-corrected chi connectivity index (χ1v) is 11.1. The van der Waals surface area contributed by atoms with Gasteiger partial charge in [0.1, 0.15) is 0 Å². The van der Waals surface area contributed by atoms with E-state index in [1.165, 1.54) is 7.11 Å². The average Bonchev–Trinajstić information content (AvgIpc) is 3.28. The average molecular weight is 477 g/mol. The molecule has 0 aliphatic carbocycles. The number of halogens is 1. The van der Waals surface area contributed by atoms with E-state index in [4.69, 9.17) is 21.4 Å². The van der Waals surface area contributed by atoms with Gasteiger partial charge in [-0.05, 0) is 42.0 Å². The van der Waals surface area contributed by atoms with Crippen LogP contribution in [-0.4, -0.2) is 40.0 Å². The number of hydrogen-bond acceptors (Lipinski definition) is 4. The fourth-order valence-electron chi connectivity index (χ4n) is 3.56. The molecule has 0 radical (unpaired) electrons. The van der Waals surface area contributed by atoms with Crippen LogP contribution in [0.15, 0.2) is 79.0 Å². The monoisotopic (exact) mass is 476 g/mol. The topological polar surface area (TPSA) is 79.6 Å². The van der Waals surface area contributed by atoms with E-state index in [9.17, 15) is 9.90 Å². The van der Waals surface area contributed by atoms with Crippen LogP contribution in [0, 0.1) is 0 Å². The quantitative estimate of drug-likeness (QED) is 0.382. The zero-order valence-corrected chi connectivity index (χ0v) is 19.7. The van der Waals surface area contributed by atoms with Gasteiger partial charge in [-0.25, -0.2) is 9.48 Å². The molecule has 4 aromatic rings. The Morgan fingerprint density at radius 2 is 1.85 bits per heavy atom. The number of aromatic hydroxyl groups is 1. The molecule has 0 spiro atoms. The number of rotatable bonds is 7. The van der Waals surface area contributed by atoms with Crippen LogP contribution < -0.4 is 10.1 Å². The summed E-state index contributed by atoms with van der Waals surface area (Å²) in [5.41, 5.74) is 4.34. The summed E-state index contributed by atoms with van der Waals surface area (Å²) < 4.78 is 6.94. The minimum absolute atomic E-state index is 0.0554. The third kappa shape index (κ3) is 5.32. The highest BCUT2D eigenvalue weighted by molar-refractivity contribution is 6.30. The lowest BCUT2D eigenvalue weighted by molar-refractivity contribution is 0.206. The Kier molecular flexibility index (Phi) is 7.04. The first kappa shape index (κ1) is 23.2. The zero-order chi connectivity index (χ0) is 24.1. The van der Waals surface area contributed by atoms with Gasteiger partial charge in [0, 0.05) is 35.9 Å². The Morgan fingerprint density at radius 3 is 2.56 bits per heavy atom. The summed E-state index contributed by atoms with van der Waals surface area (Å²) in [4.78, 5) is 14.4. The minimum Gasteiger partial charge on any atom is -0.504 e. The zero-order valence-electron chi connectivity index (χ0n) is 18.9. The molecule has 2 N–H and O–H groups in total. The van der Waals surface area contributed by atoms with Crippen molar-refractivity contribution in [2.24, 2.45) is 0 Å². The highest BCUT2D eigenvalue weighted by Gasteiger charge is 2.17. The normalized spacial score (nSPS) is 10.7. The van der Waals surface area contributed by atoms with E-state index >= 15 is 0 Å².